The van der Waals surface area contributed by atoms with Crippen molar-refractivity contribution in [1.82, 2.24) is 0 Å². The maximum absolute atomic E-state index is 10.4. The molecule has 1 aliphatic carbocycles. The molecule has 2 atom stereocenters. The third kappa shape index (κ3) is 9.48. The van der Waals surface area contributed by atoms with E-state index in [1.807, 2.05) is 0 Å². The molecule has 1 N–H and O–H groups in total. The minimum Gasteiger partial charge on any atom is -0.481 e. The zero-order chi connectivity index (χ0) is 16.0. The summed E-state index contributed by atoms with van der Waals surface area (Å²) in [5.74, 6) is 1.38. The van der Waals surface area contributed by atoms with Crippen molar-refractivity contribution in [3.63, 3.8) is 0 Å². The number of carboxylic acids is 1. The molecule has 1 aliphatic rings. The molecule has 0 saturated heterocycles. The van der Waals surface area contributed by atoms with Gasteiger partial charge in [-0.3, -0.25) is 4.79 Å². The number of hydrogen-bond acceptors (Lipinski definition) is 1. The van der Waals surface area contributed by atoms with E-state index in [0.717, 1.165) is 24.7 Å². The first-order valence-corrected chi connectivity index (χ1v) is 9.95. The Morgan fingerprint density at radius 1 is 0.818 bits per heavy atom. The van der Waals surface area contributed by atoms with Crippen molar-refractivity contribution in [1.29, 1.82) is 0 Å². The lowest BCUT2D eigenvalue weighted by Crippen LogP contribution is -2.08. The van der Waals surface area contributed by atoms with Crippen molar-refractivity contribution < 1.29 is 9.90 Å². The van der Waals surface area contributed by atoms with E-state index in [1.54, 1.807) is 0 Å². The Balaban J connectivity index is 1.98. The van der Waals surface area contributed by atoms with E-state index in [0.29, 0.717) is 6.42 Å². The van der Waals surface area contributed by atoms with Gasteiger partial charge < -0.3 is 5.11 Å². The topological polar surface area (TPSA) is 37.3 Å². The molecule has 2 nitrogen and oxygen atoms in total. The van der Waals surface area contributed by atoms with Crippen LogP contribution in [0.4, 0.5) is 0 Å². The Kier molecular flexibility index (Phi) is 11.5. The average molecular weight is 311 g/mol. The van der Waals surface area contributed by atoms with Crippen molar-refractivity contribution in [3.05, 3.63) is 0 Å². The molecule has 1 rings (SSSR count). The zero-order valence-corrected chi connectivity index (χ0v) is 14.8. The third-order valence-electron chi connectivity index (χ3n) is 5.46. The van der Waals surface area contributed by atoms with Crippen LogP contribution in [0.2, 0.25) is 0 Å². The van der Waals surface area contributed by atoms with Gasteiger partial charge in [-0.2, -0.15) is 0 Å². The SMILES string of the molecule is CCCCCCCC1CCCC1CCCCCCCC(=O)O. The third-order valence-corrected chi connectivity index (χ3v) is 5.46. The predicted molar refractivity (Wildman–Crippen MR) is 94.2 cm³/mol. The van der Waals surface area contributed by atoms with Crippen molar-refractivity contribution in [3.8, 4) is 0 Å². The Labute approximate surface area is 138 Å². The average Bonchev–Trinajstić information content (AvgIpc) is 2.93. The number of aliphatic carboxylic acids is 1. The van der Waals surface area contributed by atoms with Crippen LogP contribution in [-0.2, 0) is 4.79 Å². The lowest BCUT2D eigenvalue weighted by molar-refractivity contribution is -0.137. The summed E-state index contributed by atoms with van der Waals surface area (Å²) in [6.07, 6.45) is 20.6. The van der Waals surface area contributed by atoms with Gasteiger partial charge in [-0.25, -0.2) is 0 Å². The van der Waals surface area contributed by atoms with Crippen LogP contribution in [-0.4, -0.2) is 11.1 Å². The van der Waals surface area contributed by atoms with Gasteiger partial charge in [0.15, 0.2) is 0 Å². The van der Waals surface area contributed by atoms with Crippen LogP contribution >= 0.6 is 0 Å². The van der Waals surface area contributed by atoms with Crippen LogP contribution < -0.4 is 0 Å². The van der Waals surface area contributed by atoms with E-state index in [2.05, 4.69) is 6.92 Å². The fourth-order valence-electron chi connectivity index (χ4n) is 4.10. The van der Waals surface area contributed by atoms with Gasteiger partial charge in [0.2, 0.25) is 0 Å². The zero-order valence-electron chi connectivity index (χ0n) is 14.8. The number of rotatable bonds is 14. The highest BCUT2D eigenvalue weighted by atomic mass is 16.4. The summed E-state index contributed by atoms with van der Waals surface area (Å²) in [5.41, 5.74) is 0. The molecular weight excluding hydrogens is 272 g/mol. The molecule has 1 fully saturated rings. The predicted octanol–water partition coefficient (Wildman–Crippen LogP) is 6.58. The Hall–Kier alpha value is -0.530. The molecule has 22 heavy (non-hydrogen) atoms. The maximum atomic E-state index is 10.4. The van der Waals surface area contributed by atoms with E-state index < -0.39 is 5.97 Å². The minimum atomic E-state index is -0.646. The Bertz CT molecular complexity index is 275. The molecule has 0 heterocycles. The highest BCUT2D eigenvalue weighted by molar-refractivity contribution is 5.66. The van der Waals surface area contributed by atoms with Gasteiger partial charge in [-0.05, 0) is 18.3 Å². The fourth-order valence-corrected chi connectivity index (χ4v) is 4.10. The molecule has 0 spiro atoms. The molecule has 2 heteroatoms. The van der Waals surface area contributed by atoms with Crippen LogP contribution in [0.1, 0.15) is 110 Å². The van der Waals surface area contributed by atoms with Gasteiger partial charge in [0.05, 0.1) is 0 Å². The van der Waals surface area contributed by atoms with Gasteiger partial charge in [-0.15, -0.1) is 0 Å². The first-order chi connectivity index (χ1) is 10.7. The molecule has 1 saturated carbocycles. The van der Waals surface area contributed by atoms with Gasteiger partial charge in [0.1, 0.15) is 0 Å². The summed E-state index contributed by atoms with van der Waals surface area (Å²) in [5, 5.41) is 8.61. The first kappa shape index (κ1) is 19.5. The van der Waals surface area contributed by atoms with Crippen molar-refractivity contribution in [2.75, 3.05) is 0 Å². The number of unbranched alkanes of at least 4 members (excludes halogenated alkanes) is 8. The van der Waals surface area contributed by atoms with Gasteiger partial charge in [-0.1, -0.05) is 96.8 Å². The standard InChI is InChI=1S/C20H38O2/c1-2-3-4-6-9-13-18-15-12-16-19(18)14-10-7-5-8-11-17-20(21)22/h18-19H,2-17H2,1H3,(H,21,22). The smallest absolute Gasteiger partial charge is 0.303 e. The van der Waals surface area contributed by atoms with Crippen molar-refractivity contribution in [2.24, 2.45) is 11.8 Å². The van der Waals surface area contributed by atoms with Crippen LogP contribution in [0, 0.1) is 11.8 Å². The number of hydrogen-bond donors (Lipinski definition) is 1. The number of carboxylic acid groups (broad SMARTS) is 1. The van der Waals surface area contributed by atoms with Gasteiger partial charge in [0.25, 0.3) is 0 Å². The minimum absolute atomic E-state index is 0.350. The van der Waals surface area contributed by atoms with E-state index >= 15 is 0 Å². The molecule has 0 bridgehead atoms. The lowest BCUT2D eigenvalue weighted by atomic mass is 9.86. The van der Waals surface area contributed by atoms with E-state index in [1.165, 1.54) is 83.5 Å². The Morgan fingerprint density at radius 2 is 1.32 bits per heavy atom. The summed E-state index contributed by atoms with van der Waals surface area (Å²) in [4.78, 5) is 10.4. The maximum Gasteiger partial charge on any atom is 0.303 e. The second-order valence-electron chi connectivity index (χ2n) is 7.35. The van der Waals surface area contributed by atoms with Crippen LogP contribution in [0.3, 0.4) is 0 Å². The van der Waals surface area contributed by atoms with Crippen LogP contribution in [0.5, 0.6) is 0 Å². The first-order valence-electron chi connectivity index (χ1n) is 9.95. The summed E-state index contributed by atoms with van der Waals surface area (Å²) in [6, 6.07) is 0. The van der Waals surface area contributed by atoms with Crippen molar-refractivity contribution in [2.45, 2.75) is 110 Å². The van der Waals surface area contributed by atoms with E-state index in [4.69, 9.17) is 5.11 Å². The molecule has 0 aromatic carbocycles. The fraction of sp³-hybridized carbons (Fsp3) is 0.950. The van der Waals surface area contributed by atoms with Crippen LogP contribution in [0.15, 0.2) is 0 Å². The largest absolute Gasteiger partial charge is 0.481 e. The molecule has 0 radical (unpaired) electrons. The molecular formula is C20H38O2. The summed E-state index contributed by atoms with van der Waals surface area (Å²) >= 11 is 0. The van der Waals surface area contributed by atoms with E-state index in [-0.39, 0.29) is 0 Å². The molecule has 0 aliphatic heterocycles. The van der Waals surface area contributed by atoms with Gasteiger partial charge in [0, 0.05) is 6.42 Å². The highest BCUT2D eigenvalue weighted by Gasteiger charge is 2.25. The summed E-state index contributed by atoms with van der Waals surface area (Å²) in [7, 11) is 0. The second-order valence-corrected chi connectivity index (χ2v) is 7.35. The monoisotopic (exact) mass is 310 g/mol. The number of carbonyl (C=O) groups is 1. The Morgan fingerprint density at radius 3 is 1.86 bits per heavy atom. The summed E-state index contributed by atoms with van der Waals surface area (Å²) in [6.45, 7) is 2.29. The highest BCUT2D eigenvalue weighted by Crippen LogP contribution is 2.38. The quantitative estimate of drug-likeness (QED) is 0.368. The van der Waals surface area contributed by atoms with Crippen molar-refractivity contribution >= 4 is 5.97 Å². The molecule has 0 amide bonds. The molecule has 0 aromatic rings. The molecule has 0 aromatic heterocycles. The van der Waals surface area contributed by atoms with Gasteiger partial charge >= 0.3 is 5.97 Å². The summed E-state index contributed by atoms with van der Waals surface area (Å²) < 4.78 is 0. The normalized spacial score (nSPS) is 21.3. The van der Waals surface area contributed by atoms with Crippen LogP contribution in [0.25, 0.3) is 0 Å². The lowest BCUT2D eigenvalue weighted by Gasteiger charge is -2.19. The second kappa shape index (κ2) is 13.0. The molecule has 2 unspecified atom stereocenters. The molecule has 130 valence electrons. The van der Waals surface area contributed by atoms with E-state index in [9.17, 15) is 4.79 Å².